The lowest BCUT2D eigenvalue weighted by Gasteiger charge is -1.98. The van der Waals surface area contributed by atoms with Gasteiger partial charge in [-0.25, -0.2) is 0 Å². The lowest BCUT2D eigenvalue weighted by molar-refractivity contribution is 0.0963. The van der Waals surface area contributed by atoms with Crippen molar-refractivity contribution in [1.82, 2.24) is 5.32 Å². The Kier molecular flexibility index (Phi) is 3.03. The fourth-order valence-electron chi connectivity index (χ4n) is 0.951. The van der Waals surface area contributed by atoms with Crippen molar-refractivity contribution in [2.75, 3.05) is 7.05 Å². The van der Waals surface area contributed by atoms with Crippen molar-refractivity contribution < 1.29 is 4.79 Å². The van der Waals surface area contributed by atoms with E-state index in [1.165, 1.54) is 6.21 Å². The summed E-state index contributed by atoms with van der Waals surface area (Å²) in [5.74, 6) is 4.87. The maximum Gasteiger partial charge on any atom is 0.251 e. The van der Waals surface area contributed by atoms with E-state index in [-0.39, 0.29) is 5.91 Å². The number of benzene rings is 1. The molecule has 1 rings (SSSR count). The first kappa shape index (κ1) is 9.25. The van der Waals surface area contributed by atoms with Gasteiger partial charge in [0.25, 0.3) is 5.91 Å². The average Bonchev–Trinajstić information content (AvgIpc) is 2.18. The molecule has 0 aromatic heterocycles. The van der Waals surface area contributed by atoms with Crippen LogP contribution in [-0.4, -0.2) is 19.2 Å². The summed E-state index contributed by atoms with van der Waals surface area (Å²) in [6, 6.07) is 6.99. The van der Waals surface area contributed by atoms with Crippen LogP contribution in [-0.2, 0) is 0 Å². The summed E-state index contributed by atoms with van der Waals surface area (Å²) in [5.41, 5.74) is 1.49. The molecule has 68 valence electrons. The van der Waals surface area contributed by atoms with Crippen molar-refractivity contribution in [3.63, 3.8) is 0 Å². The molecule has 0 heterocycles. The largest absolute Gasteiger partial charge is 0.355 e. The number of nitrogens with one attached hydrogen (secondary N) is 1. The van der Waals surface area contributed by atoms with Crippen LogP contribution in [0.2, 0.25) is 0 Å². The van der Waals surface area contributed by atoms with Crippen LogP contribution in [0.1, 0.15) is 15.9 Å². The Morgan fingerprint density at radius 1 is 1.46 bits per heavy atom. The molecule has 13 heavy (non-hydrogen) atoms. The van der Waals surface area contributed by atoms with Gasteiger partial charge >= 0.3 is 0 Å². The van der Waals surface area contributed by atoms with Crippen LogP contribution >= 0.6 is 0 Å². The Bertz CT molecular complexity index is 316. The van der Waals surface area contributed by atoms with Crippen LogP contribution in [0.3, 0.4) is 0 Å². The maximum atomic E-state index is 11.1. The number of hydrogen-bond donors (Lipinski definition) is 2. The summed E-state index contributed by atoms with van der Waals surface area (Å²) < 4.78 is 0. The van der Waals surface area contributed by atoms with Gasteiger partial charge in [-0.1, -0.05) is 12.1 Å². The molecule has 0 atom stereocenters. The zero-order valence-electron chi connectivity index (χ0n) is 7.32. The predicted octanol–water partition coefficient (Wildman–Crippen LogP) is 0.339. The van der Waals surface area contributed by atoms with Gasteiger partial charge in [-0.05, 0) is 17.7 Å². The number of carbonyl (C=O) groups is 1. The second-order valence-electron chi connectivity index (χ2n) is 2.48. The monoisotopic (exact) mass is 177 g/mol. The Morgan fingerprint density at radius 2 is 2.08 bits per heavy atom. The normalized spacial score (nSPS) is 10.2. The predicted molar refractivity (Wildman–Crippen MR) is 51.6 cm³/mol. The molecule has 0 spiro atoms. The molecule has 0 saturated heterocycles. The fraction of sp³-hybridized carbons (Fsp3) is 0.111. The Morgan fingerprint density at radius 3 is 2.54 bits per heavy atom. The number of carbonyl (C=O) groups excluding carboxylic acids is 1. The molecule has 0 aliphatic rings. The molecule has 4 nitrogen and oxygen atoms in total. The minimum absolute atomic E-state index is 0.101. The van der Waals surface area contributed by atoms with E-state index in [9.17, 15) is 4.79 Å². The summed E-state index contributed by atoms with van der Waals surface area (Å²) in [6.07, 6.45) is 1.52. The van der Waals surface area contributed by atoms with E-state index in [4.69, 9.17) is 5.84 Å². The van der Waals surface area contributed by atoms with E-state index in [0.717, 1.165) is 5.56 Å². The molecular weight excluding hydrogens is 166 g/mol. The van der Waals surface area contributed by atoms with Gasteiger partial charge in [0.05, 0.1) is 6.21 Å². The highest BCUT2D eigenvalue weighted by Crippen LogP contribution is 2.01. The Hall–Kier alpha value is -1.84. The van der Waals surface area contributed by atoms with Gasteiger partial charge in [-0.3, -0.25) is 4.79 Å². The molecule has 3 N–H and O–H groups in total. The highest BCUT2D eigenvalue weighted by atomic mass is 16.1. The van der Waals surface area contributed by atoms with E-state index in [1.807, 2.05) is 0 Å². The van der Waals surface area contributed by atoms with Crippen LogP contribution < -0.4 is 11.2 Å². The highest BCUT2D eigenvalue weighted by Gasteiger charge is 2.00. The standard InChI is InChI=1S/C9H11N3O/c1-11-9(13)8-4-2-7(3-5-8)6-12-10/h2-6H,10H2,1H3,(H,11,13). The van der Waals surface area contributed by atoms with Gasteiger partial charge in [0, 0.05) is 12.6 Å². The maximum absolute atomic E-state index is 11.1. The van der Waals surface area contributed by atoms with Crippen LogP contribution in [0, 0.1) is 0 Å². The second-order valence-corrected chi connectivity index (χ2v) is 2.48. The smallest absolute Gasteiger partial charge is 0.251 e. The molecule has 0 saturated carbocycles. The Labute approximate surface area is 76.4 Å². The van der Waals surface area contributed by atoms with E-state index in [0.29, 0.717) is 5.56 Å². The third kappa shape index (κ3) is 2.30. The summed E-state index contributed by atoms with van der Waals surface area (Å²) in [6.45, 7) is 0. The Balaban J connectivity index is 2.87. The van der Waals surface area contributed by atoms with Crippen molar-refractivity contribution in [3.05, 3.63) is 35.4 Å². The molecule has 0 radical (unpaired) electrons. The fourth-order valence-corrected chi connectivity index (χ4v) is 0.951. The number of nitrogens with two attached hydrogens (primary N) is 1. The SMILES string of the molecule is CNC(=O)c1ccc(C=NN)cc1. The number of amides is 1. The topological polar surface area (TPSA) is 67.5 Å². The molecular formula is C9H11N3O. The first-order valence-corrected chi connectivity index (χ1v) is 3.83. The van der Waals surface area contributed by atoms with Crippen LogP contribution in [0.25, 0.3) is 0 Å². The van der Waals surface area contributed by atoms with Gasteiger partial charge in [-0.2, -0.15) is 5.10 Å². The quantitative estimate of drug-likeness (QED) is 0.388. The van der Waals surface area contributed by atoms with Crippen LogP contribution in [0.5, 0.6) is 0 Å². The van der Waals surface area contributed by atoms with Gasteiger partial charge in [0.15, 0.2) is 0 Å². The zero-order chi connectivity index (χ0) is 9.68. The molecule has 0 unspecified atom stereocenters. The minimum Gasteiger partial charge on any atom is -0.355 e. The van der Waals surface area contributed by atoms with Crippen molar-refractivity contribution >= 4 is 12.1 Å². The summed E-state index contributed by atoms with van der Waals surface area (Å²) in [5, 5.41) is 5.91. The van der Waals surface area contributed by atoms with E-state index < -0.39 is 0 Å². The molecule has 1 aromatic carbocycles. The molecule has 0 aliphatic carbocycles. The first-order chi connectivity index (χ1) is 6.27. The lowest BCUT2D eigenvalue weighted by atomic mass is 10.1. The van der Waals surface area contributed by atoms with Gasteiger partial charge in [-0.15, -0.1) is 0 Å². The number of hydrogen-bond acceptors (Lipinski definition) is 3. The van der Waals surface area contributed by atoms with Crippen molar-refractivity contribution in [2.45, 2.75) is 0 Å². The van der Waals surface area contributed by atoms with Crippen molar-refractivity contribution in [3.8, 4) is 0 Å². The third-order valence-electron chi connectivity index (χ3n) is 1.62. The summed E-state index contributed by atoms with van der Waals surface area (Å²) in [7, 11) is 1.59. The van der Waals surface area contributed by atoms with Gasteiger partial charge in [0.2, 0.25) is 0 Å². The summed E-state index contributed by atoms with van der Waals surface area (Å²) in [4.78, 5) is 11.1. The average molecular weight is 177 g/mol. The van der Waals surface area contributed by atoms with Crippen molar-refractivity contribution in [2.24, 2.45) is 10.9 Å². The highest BCUT2D eigenvalue weighted by molar-refractivity contribution is 5.94. The van der Waals surface area contributed by atoms with Crippen LogP contribution in [0.15, 0.2) is 29.4 Å². The van der Waals surface area contributed by atoms with E-state index in [1.54, 1.807) is 31.3 Å². The molecule has 4 heteroatoms. The molecule has 1 amide bonds. The zero-order valence-corrected chi connectivity index (χ0v) is 7.32. The van der Waals surface area contributed by atoms with E-state index >= 15 is 0 Å². The van der Waals surface area contributed by atoms with Gasteiger partial charge < -0.3 is 11.2 Å². The lowest BCUT2D eigenvalue weighted by Crippen LogP contribution is -2.17. The molecule has 0 aliphatic heterocycles. The third-order valence-corrected chi connectivity index (χ3v) is 1.62. The second kappa shape index (κ2) is 4.25. The van der Waals surface area contributed by atoms with Crippen molar-refractivity contribution in [1.29, 1.82) is 0 Å². The molecule has 1 aromatic rings. The number of hydrazone groups is 1. The van der Waals surface area contributed by atoms with E-state index in [2.05, 4.69) is 10.4 Å². The first-order valence-electron chi connectivity index (χ1n) is 3.83. The number of nitrogens with zero attached hydrogens (tertiary/aromatic N) is 1. The molecule has 0 bridgehead atoms. The number of rotatable bonds is 2. The molecule has 0 fully saturated rings. The minimum atomic E-state index is -0.101. The van der Waals surface area contributed by atoms with Crippen LogP contribution in [0.4, 0.5) is 0 Å². The van der Waals surface area contributed by atoms with Gasteiger partial charge in [0.1, 0.15) is 0 Å². The summed E-state index contributed by atoms with van der Waals surface area (Å²) >= 11 is 0.